The first-order chi connectivity index (χ1) is 15.2. The van der Waals surface area contributed by atoms with Crippen LogP contribution in [0.3, 0.4) is 0 Å². The van der Waals surface area contributed by atoms with E-state index < -0.39 is 23.7 Å². The maximum atomic E-state index is 13.6. The molecular formula is C23H16BrClFN3O3. The van der Waals surface area contributed by atoms with Crippen LogP contribution in [0.15, 0.2) is 58.6 Å². The molecule has 9 heteroatoms. The smallest absolute Gasteiger partial charge is 0.318 e. The van der Waals surface area contributed by atoms with Crippen LogP contribution in [-0.2, 0) is 9.59 Å². The Labute approximate surface area is 196 Å². The Morgan fingerprint density at radius 1 is 1.03 bits per heavy atom. The number of urea groups is 1. The second kappa shape index (κ2) is 8.37. The molecule has 3 aromatic rings. The molecule has 0 saturated carbocycles. The van der Waals surface area contributed by atoms with Crippen molar-refractivity contribution in [3.8, 4) is 5.69 Å². The molecule has 4 rings (SSSR count). The summed E-state index contributed by atoms with van der Waals surface area (Å²) in [6, 6.07) is 11.4. The van der Waals surface area contributed by atoms with E-state index in [1.165, 1.54) is 24.3 Å². The number of barbiturate groups is 1. The Hall–Kier alpha value is -3.23. The predicted octanol–water partition coefficient (Wildman–Crippen LogP) is 5.32. The van der Waals surface area contributed by atoms with Crippen molar-refractivity contribution in [1.82, 2.24) is 9.88 Å². The van der Waals surface area contributed by atoms with Crippen LogP contribution in [0.1, 0.15) is 17.0 Å². The standard InChI is InChI=1S/C23H16BrClFN3O3/c1-12-8-14(13(2)28(12)17-6-7-19(24)20(25)11-17)9-18-21(30)27-23(32)29(22(18)31)16-5-3-4-15(26)10-16/h3-11H,1-2H3,(H,27,30,32)/b18-9+. The van der Waals surface area contributed by atoms with Crippen molar-refractivity contribution in [3.63, 3.8) is 0 Å². The van der Waals surface area contributed by atoms with Gasteiger partial charge >= 0.3 is 6.03 Å². The van der Waals surface area contributed by atoms with E-state index in [0.29, 0.717) is 10.6 Å². The van der Waals surface area contributed by atoms with Gasteiger partial charge in [0.1, 0.15) is 11.4 Å². The third-order valence-corrected chi connectivity index (χ3v) is 6.33. The van der Waals surface area contributed by atoms with E-state index in [9.17, 15) is 18.8 Å². The summed E-state index contributed by atoms with van der Waals surface area (Å²) in [6.45, 7) is 3.73. The monoisotopic (exact) mass is 515 g/mol. The largest absolute Gasteiger partial charge is 0.335 e. The first kappa shape index (κ1) is 22.0. The molecule has 0 radical (unpaired) electrons. The number of nitrogens with one attached hydrogen (secondary N) is 1. The quantitative estimate of drug-likeness (QED) is 0.379. The Morgan fingerprint density at radius 3 is 2.47 bits per heavy atom. The summed E-state index contributed by atoms with van der Waals surface area (Å²) >= 11 is 9.60. The van der Waals surface area contributed by atoms with Gasteiger partial charge in [-0.2, -0.15) is 0 Å². The maximum Gasteiger partial charge on any atom is 0.335 e. The summed E-state index contributed by atoms with van der Waals surface area (Å²) in [5, 5.41) is 2.68. The lowest BCUT2D eigenvalue weighted by atomic mass is 10.1. The molecule has 1 aliphatic heterocycles. The lowest BCUT2D eigenvalue weighted by Crippen LogP contribution is -2.54. The van der Waals surface area contributed by atoms with Crippen LogP contribution in [0.25, 0.3) is 11.8 Å². The molecule has 0 bridgehead atoms. The molecule has 4 amide bonds. The number of imide groups is 2. The summed E-state index contributed by atoms with van der Waals surface area (Å²) in [7, 11) is 0. The molecule has 1 saturated heterocycles. The van der Waals surface area contributed by atoms with E-state index in [2.05, 4.69) is 21.2 Å². The lowest BCUT2D eigenvalue weighted by molar-refractivity contribution is -0.122. The minimum Gasteiger partial charge on any atom is -0.318 e. The summed E-state index contributed by atoms with van der Waals surface area (Å²) in [6.07, 6.45) is 1.43. The van der Waals surface area contributed by atoms with Crippen LogP contribution in [-0.4, -0.2) is 22.4 Å². The molecule has 1 aliphatic rings. The van der Waals surface area contributed by atoms with Crippen LogP contribution >= 0.6 is 27.5 Å². The molecule has 0 aliphatic carbocycles. The zero-order chi connectivity index (χ0) is 23.2. The normalized spacial score (nSPS) is 15.5. The third kappa shape index (κ3) is 3.87. The van der Waals surface area contributed by atoms with Crippen molar-refractivity contribution in [1.29, 1.82) is 0 Å². The Balaban J connectivity index is 1.77. The Morgan fingerprint density at radius 2 is 1.78 bits per heavy atom. The van der Waals surface area contributed by atoms with Gasteiger partial charge in [0.25, 0.3) is 11.8 Å². The zero-order valence-electron chi connectivity index (χ0n) is 16.9. The van der Waals surface area contributed by atoms with E-state index in [0.717, 1.165) is 32.5 Å². The molecule has 1 fully saturated rings. The fourth-order valence-electron chi connectivity index (χ4n) is 3.62. The average Bonchev–Trinajstić information content (AvgIpc) is 3.00. The summed E-state index contributed by atoms with van der Waals surface area (Å²) in [5.41, 5.74) is 2.85. The highest BCUT2D eigenvalue weighted by atomic mass is 79.9. The van der Waals surface area contributed by atoms with Crippen LogP contribution < -0.4 is 10.2 Å². The van der Waals surface area contributed by atoms with Gasteiger partial charge in [-0.3, -0.25) is 14.9 Å². The molecule has 0 atom stereocenters. The zero-order valence-corrected chi connectivity index (χ0v) is 19.3. The Bertz CT molecular complexity index is 1330. The number of hydrogen-bond acceptors (Lipinski definition) is 3. The van der Waals surface area contributed by atoms with Crippen LogP contribution in [0.2, 0.25) is 5.02 Å². The van der Waals surface area contributed by atoms with Gasteiger partial charge in [0.2, 0.25) is 0 Å². The first-order valence-electron chi connectivity index (χ1n) is 9.49. The minimum atomic E-state index is -0.933. The van der Waals surface area contributed by atoms with E-state index >= 15 is 0 Å². The molecule has 6 nitrogen and oxygen atoms in total. The van der Waals surface area contributed by atoms with Gasteiger partial charge in [-0.1, -0.05) is 17.7 Å². The van der Waals surface area contributed by atoms with Gasteiger partial charge in [0.15, 0.2) is 0 Å². The molecule has 2 aromatic carbocycles. The van der Waals surface area contributed by atoms with Crippen molar-refractivity contribution in [3.05, 3.63) is 86.4 Å². The van der Waals surface area contributed by atoms with Crippen LogP contribution in [0.4, 0.5) is 14.9 Å². The SMILES string of the molecule is Cc1cc(/C=C2\C(=O)NC(=O)N(c3cccc(F)c3)C2=O)c(C)n1-c1ccc(Br)c(Cl)c1. The Kier molecular flexibility index (Phi) is 5.75. The van der Waals surface area contributed by atoms with Gasteiger partial charge < -0.3 is 4.57 Å². The average molecular weight is 517 g/mol. The van der Waals surface area contributed by atoms with Crippen molar-refractivity contribution in [2.45, 2.75) is 13.8 Å². The number of nitrogens with zero attached hydrogens (tertiary/aromatic N) is 2. The van der Waals surface area contributed by atoms with Gasteiger partial charge in [-0.15, -0.1) is 0 Å². The van der Waals surface area contributed by atoms with Crippen LogP contribution in [0.5, 0.6) is 0 Å². The molecule has 2 heterocycles. The highest BCUT2D eigenvalue weighted by Crippen LogP contribution is 2.29. The molecule has 1 aromatic heterocycles. The highest BCUT2D eigenvalue weighted by Gasteiger charge is 2.37. The van der Waals surface area contributed by atoms with Gasteiger partial charge in [0, 0.05) is 21.5 Å². The van der Waals surface area contributed by atoms with Crippen molar-refractivity contribution >= 4 is 57.1 Å². The number of benzene rings is 2. The summed E-state index contributed by atoms with van der Waals surface area (Å²) in [4.78, 5) is 38.5. The number of aromatic nitrogens is 1. The number of aryl methyl sites for hydroxylation is 1. The lowest BCUT2D eigenvalue weighted by Gasteiger charge is -2.26. The van der Waals surface area contributed by atoms with E-state index in [-0.39, 0.29) is 11.3 Å². The predicted molar refractivity (Wildman–Crippen MR) is 123 cm³/mol. The molecular weight excluding hydrogens is 501 g/mol. The third-order valence-electron chi connectivity index (χ3n) is 5.10. The van der Waals surface area contributed by atoms with E-state index in [1.807, 2.05) is 36.6 Å². The number of halogens is 3. The fraction of sp³-hybridized carbons (Fsp3) is 0.0870. The molecule has 0 unspecified atom stereocenters. The summed E-state index contributed by atoms with van der Waals surface area (Å²) < 4.78 is 16.3. The number of rotatable bonds is 3. The maximum absolute atomic E-state index is 13.6. The first-order valence-corrected chi connectivity index (χ1v) is 10.7. The highest BCUT2D eigenvalue weighted by molar-refractivity contribution is 9.10. The van der Waals surface area contributed by atoms with Gasteiger partial charge in [-0.05, 0) is 83.9 Å². The van der Waals surface area contributed by atoms with E-state index in [4.69, 9.17) is 11.6 Å². The molecule has 32 heavy (non-hydrogen) atoms. The van der Waals surface area contributed by atoms with Crippen LogP contribution in [0, 0.1) is 19.7 Å². The summed E-state index contributed by atoms with van der Waals surface area (Å²) in [5.74, 6) is -2.26. The topological polar surface area (TPSA) is 71.4 Å². The van der Waals surface area contributed by atoms with Gasteiger partial charge in [-0.25, -0.2) is 14.1 Å². The fourth-order valence-corrected chi connectivity index (χ4v) is 4.04. The number of amides is 4. The number of anilines is 1. The van der Waals surface area contributed by atoms with Gasteiger partial charge in [0.05, 0.1) is 10.7 Å². The van der Waals surface area contributed by atoms with Crippen molar-refractivity contribution in [2.75, 3.05) is 4.90 Å². The molecule has 0 spiro atoms. The van der Waals surface area contributed by atoms with Crippen molar-refractivity contribution in [2.24, 2.45) is 0 Å². The van der Waals surface area contributed by atoms with Crippen molar-refractivity contribution < 1.29 is 18.8 Å². The number of carbonyl (C=O) groups is 3. The number of carbonyl (C=O) groups excluding carboxylic acids is 3. The molecule has 162 valence electrons. The van der Waals surface area contributed by atoms with E-state index in [1.54, 1.807) is 6.07 Å². The minimum absolute atomic E-state index is 0.0286. The second-order valence-electron chi connectivity index (χ2n) is 7.20. The molecule has 1 N–H and O–H groups in total. The number of hydrogen-bond donors (Lipinski definition) is 1. The second-order valence-corrected chi connectivity index (χ2v) is 8.46.